The third kappa shape index (κ3) is 3.13. The molecule has 1 amide bonds. The first-order valence-corrected chi connectivity index (χ1v) is 9.93. The van der Waals surface area contributed by atoms with E-state index in [0.717, 1.165) is 17.7 Å². The summed E-state index contributed by atoms with van der Waals surface area (Å²) < 4.78 is 0. The van der Waals surface area contributed by atoms with E-state index in [-0.39, 0.29) is 17.2 Å². The molecule has 1 atom stereocenters. The van der Waals surface area contributed by atoms with Gasteiger partial charge in [0.15, 0.2) is 0 Å². The van der Waals surface area contributed by atoms with Gasteiger partial charge in [0.1, 0.15) is 0 Å². The minimum absolute atomic E-state index is 0.0576. The minimum Gasteiger partial charge on any atom is -0.326 e. The highest BCUT2D eigenvalue weighted by Crippen LogP contribution is 2.59. The van der Waals surface area contributed by atoms with Crippen LogP contribution in [-0.4, -0.2) is 5.91 Å². The molecular weight excluding hydrogens is 342 g/mol. The van der Waals surface area contributed by atoms with Crippen molar-refractivity contribution >= 4 is 11.6 Å². The molecule has 0 unspecified atom stereocenters. The number of amides is 1. The predicted molar refractivity (Wildman–Crippen MR) is 116 cm³/mol. The molecule has 0 saturated heterocycles. The quantitative estimate of drug-likeness (QED) is 0.613. The molecule has 1 saturated carbocycles. The van der Waals surface area contributed by atoms with E-state index in [1.54, 1.807) is 0 Å². The maximum Gasteiger partial charge on any atom is 0.228 e. The third-order valence-electron chi connectivity index (χ3n) is 6.27. The normalized spacial score (nSPS) is 17.2. The van der Waals surface area contributed by atoms with Gasteiger partial charge in [-0.1, -0.05) is 71.8 Å². The van der Waals surface area contributed by atoms with Gasteiger partial charge >= 0.3 is 0 Å². The lowest BCUT2D eigenvalue weighted by molar-refractivity contribution is -0.117. The summed E-state index contributed by atoms with van der Waals surface area (Å²) in [6.07, 6.45) is 0.843. The molecule has 0 heterocycles. The molecule has 1 aliphatic carbocycles. The fraction of sp³-hybridized carbons (Fsp3) is 0.269. The molecule has 28 heavy (non-hydrogen) atoms. The van der Waals surface area contributed by atoms with Crippen LogP contribution in [0.1, 0.15) is 39.8 Å². The summed E-state index contributed by atoms with van der Waals surface area (Å²) in [6.45, 7) is 8.33. The Balaban J connectivity index is 1.69. The summed E-state index contributed by atoms with van der Waals surface area (Å²) >= 11 is 0. The molecular formula is C26H27NO. The lowest BCUT2D eigenvalue weighted by Gasteiger charge is -2.20. The SMILES string of the molecule is Cc1ccc(C2(c3ccc(C)cc3)C[C@H]2C(=O)Nc2cccc(C)c2C)cc1. The van der Waals surface area contributed by atoms with Crippen LogP contribution in [0, 0.1) is 33.6 Å². The second-order valence-electron chi connectivity index (χ2n) is 8.20. The summed E-state index contributed by atoms with van der Waals surface area (Å²) in [5.41, 5.74) is 7.93. The molecule has 0 aliphatic heterocycles. The number of anilines is 1. The number of nitrogens with one attached hydrogen (secondary N) is 1. The van der Waals surface area contributed by atoms with Crippen LogP contribution in [0.5, 0.6) is 0 Å². The van der Waals surface area contributed by atoms with Crippen LogP contribution in [0.4, 0.5) is 5.69 Å². The largest absolute Gasteiger partial charge is 0.326 e. The summed E-state index contributed by atoms with van der Waals surface area (Å²) in [6, 6.07) is 23.4. The van der Waals surface area contributed by atoms with Gasteiger partial charge in [-0.2, -0.15) is 0 Å². The Bertz CT molecular complexity index is 970. The lowest BCUT2D eigenvalue weighted by atomic mass is 9.85. The highest BCUT2D eigenvalue weighted by Gasteiger charge is 2.60. The highest BCUT2D eigenvalue weighted by atomic mass is 16.2. The van der Waals surface area contributed by atoms with E-state index in [2.05, 4.69) is 87.6 Å². The van der Waals surface area contributed by atoms with Crippen LogP contribution in [0.3, 0.4) is 0 Å². The molecule has 2 nitrogen and oxygen atoms in total. The van der Waals surface area contributed by atoms with E-state index in [1.807, 2.05) is 12.1 Å². The van der Waals surface area contributed by atoms with Gasteiger partial charge in [0.05, 0.1) is 5.92 Å². The van der Waals surface area contributed by atoms with Gasteiger partial charge in [0.2, 0.25) is 5.91 Å². The van der Waals surface area contributed by atoms with Crippen LogP contribution in [0.25, 0.3) is 0 Å². The Hall–Kier alpha value is -2.87. The second kappa shape index (κ2) is 6.94. The minimum atomic E-state index is -0.233. The Morgan fingerprint density at radius 1 is 0.821 bits per heavy atom. The zero-order valence-electron chi connectivity index (χ0n) is 17.0. The first-order valence-electron chi connectivity index (χ1n) is 9.93. The smallest absolute Gasteiger partial charge is 0.228 e. The number of aryl methyl sites for hydroxylation is 3. The molecule has 4 rings (SSSR count). The Morgan fingerprint density at radius 3 is 1.89 bits per heavy atom. The van der Waals surface area contributed by atoms with Crippen LogP contribution in [-0.2, 0) is 10.2 Å². The number of hydrogen-bond acceptors (Lipinski definition) is 1. The van der Waals surface area contributed by atoms with E-state index >= 15 is 0 Å². The summed E-state index contributed by atoms with van der Waals surface area (Å²) in [4.78, 5) is 13.2. The zero-order chi connectivity index (χ0) is 19.9. The van der Waals surface area contributed by atoms with E-state index in [1.165, 1.54) is 27.8 Å². The molecule has 1 N–H and O–H groups in total. The van der Waals surface area contributed by atoms with Gasteiger partial charge in [0, 0.05) is 11.1 Å². The third-order valence-corrected chi connectivity index (χ3v) is 6.27. The van der Waals surface area contributed by atoms with Crippen molar-refractivity contribution in [3.8, 4) is 0 Å². The molecule has 0 aromatic heterocycles. The Kier molecular flexibility index (Phi) is 4.58. The Morgan fingerprint density at radius 2 is 1.36 bits per heavy atom. The number of benzene rings is 3. The van der Waals surface area contributed by atoms with Crippen molar-refractivity contribution in [3.63, 3.8) is 0 Å². The molecule has 2 heteroatoms. The fourth-order valence-corrected chi connectivity index (χ4v) is 4.19. The number of rotatable bonds is 4. The van der Waals surface area contributed by atoms with E-state index in [0.29, 0.717) is 0 Å². The molecule has 3 aromatic carbocycles. The Labute approximate surface area is 167 Å². The number of carbonyl (C=O) groups is 1. The maximum atomic E-state index is 13.2. The lowest BCUT2D eigenvalue weighted by Crippen LogP contribution is -2.22. The van der Waals surface area contributed by atoms with Crippen molar-refractivity contribution in [3.05, 3.63) is 100 Å². The first kappa shape index (κ1) is 18.5. The second-order valence-corrected chi connectivity index (χ2v) is 8.20. The van der Waals surface area contributed by atoms with Crippen molar-refractivity contribution in [2.24, 2.45) is 5.92 Å². The molecule has 0 spiro atoms. The molecule has 0 bridgehead atoms. The van der Waals surface area contributed by atoms with E-state index in [4.69, 9.17) is 0 Å². The standard InChI is InChI=1S/C26H27NO/c1-17-8-12-21(13-9-17)26(22-14-10-18(2)11-15-22)16-23(26)25(28)27-24-7-5-6-19(3)20(24)4/h5-15,23H,16H2,1-4H3,(H,27,28)/t23-/m0/s1. The van der Waals surface area contributed by atoms with Crippen molar-refractivity contribution in [1.82, 2.24) is 0 Å². The van der Waals surface area contributed by atoms with Crippen molar-refractivity contribution in [2.75, 3.05) is 5.32 Å². The number of hydrogen-bond donors (Lipinski definition) is 1. The van der Waals surface area contributed by atoms with Crippen molar-refractivity contribution < 1.29 is 4.79 Å². The summed E-state index contributed by atoms with van der Waals surface area (Å²) in [5.74, 6) is 0.0488. The average molecular weight is 370 g/mol. The van der Waals surface area contributed by atoms with E-state index < -0.39 is 0 Å². The van der Waals surface area contributed by atoms with Gasteiger partial charge in [-0.15, -0.1) is 0 Å². The van der Waals surface area contributed by atoms with E-state index in [9.17, 15) is 4.79 Å². The van der Waals surface area contributed by atoms with Gasteiger partial charge in [0.25, 0.3) is 0 Å². The number of carbonyl (C=O) groups excluding carboxylic acids is 1. The molecule has 142 valence electrons. The van der Waals surface area contributed by atoms with Crippen LogP contribution in [0.2, 0.25) is 0 Å². The molecule has 1 aliphatic rings. The van der Waals surface area contributed by atoms with Gasteiger partial charge in [-0.25, -0.2) is 0 Å². The predicted octanol–water partition coefficient (Wildman–Crippen LogP) is 5.86. The summed E-state index contributed by atoms with van der Waals surface area (Å²) in [5, 5.41) is 3.19. The molecule has 0 radical (unpaired) electrons. The molecule has 1 fully saturated rings. The highest BCUT2D eigenvalue weighted by molar-refractivity contribution is 5.97. The maximum absolute atomic E-state index is 13.2. The van der Waals surface area contributed by atoms with Gasteiger partial charge in [-0.05, 0) is 62.4 Å². The van der Waals surface area contributed by atoms with Gasteiger partial charge < -0.3 is 5.32 Å². The monoisotopic (exact) mass is 369 g/mol. The van der Waals surface area contributed by atoms with Crippen LogP contribution < -0.4 is 5.32 Å². The van der Waals surface area contributed by atoms with Crippen LogP contribution in [0.15, 0.2) is 66.7 Å². The molecule has 3 aromatic rings. The topological polar surface area (TPSA) is 29.1 Å². The first-order chi connectivity index (χ1) is 13.4. The van der Waals surface area contributed by atoms with Crippen molar-refractivity contribution in [2.45, 2.75) is 39.5 Å². The average Bonchev–Trinajstić information content (AvgIpc) is 3.43. The van der Waals surface area contributed by atoms with Crippen LogP contribution >= 0.6 is 0 Å². The van der Waals surface area contributed by atoms with Crippen molar-refractivity contribution in [1.29, 1.82) is 0 Å². The summed E-state index contributed by atoms with van der Waals surface area (Å²) in [7, 11) is 0. The zero-order valence-corrected chi connectivity index (χ0v) is 17.0. The fourth-order valence-electron chi connectivity index (χ4n) is 4.19. The van der Waals surface area contributed by atoms with Gasteiger partial charge in [-0.3, -0.25) is 4.79 Å².